The summed E-state index contributed by atoms with van der Waals surface area (Å²) < 4.78 is 5.27. The van der Waals surface area contributed by atoms with Crippen LogP contribution in [-0.4, -0.2) is 54.0 Å². The number of amides is 2. The summed E-state index contributed by atoms with van der Waals surface area (Å²) in [6.07, 6.45) is -0.784. The van der Waals surface area contributed by atoms with Crippen LogP contribution < -0.4 is 10.6 Å². The smallest absolute Gasteiger partial charge is 0.407 e. The second kappa shape index (κ2) is 8.53. The van der Waals surface area contributed by atoms with Gasteiger partial charge in [-0.25, -0.2) is 9.59 Å². The van der Waals surface area contributed by atoms with Gasteiger partial charge in [0.1, 0.15) is 19.2 Å². The van der Waals surface area contributed by atoms with Crippen molar-refractivity contribution in [3.63, 3.8) is 0 Å². The summed E-state index contributed by atoms with van der Waals surface area (Å²) in [5, 5.41) is 22.0. The fourth-order valence-electron chi connectivity index (χ4n) is 3.23. The lowest BCUT2D eigenvalue weighted by Gasteiger charge is -2.15. The molecule has 146 valence electrons. The van der Waals surface area contributed by atoms with E-state index in [4.69, 9.17) is 14.9 Å². The SMILES string of the molecule is O=C(CNC(=O)OCC1c2ccccc2-c2ccccc21)NC(CO)C(=O)O. The molecule has 3 rings (SSSR count). The van der Waals surface area contributed by atoms with Gasteiger partial charge in [-0.05, 0) is 22.3 Å². The van der Waals surface area contributed by atoms with E-state index < -0.39 is 37.2 Å². The van der Waals surface area contributed by atoms with Gasteiger partial charge < -0.3 is 25.6 Å². The molecule has 2 aromatic carbocycles. The quantitative estimate of drug-likeness (QED) is 0.566. The molecule has 28 heavy (non-hydrogen) atoms. The molecule has 0 bridgehead atoms. The van der Waals surface area contributed by atoms with Gasteiger partial charge in [-0.2, -0.15) is 0 Å². The molecule has 1 aliphatic rings. The van der Waals surface area contributed by atoms with Gasteiger partial charge in [-0.1, -0.05) is 48.5 Å². The van der Waals surface area contributed by atoms with Crippen LogP contribution in [0.1, 0.15) is 17.0 Å². The van der Waals surface area contributed by atoms with E-state index in [1.54, 1.807) is 0 Å². The topological polar surface area (TPSA) is 125 Å². The molecule has 1 aliphatic carbocycles. The van der Waals surface area contributed by atoms with Gasteiger partial charge in [0, 0.05) is 5.92 Å². The van der Waals surface area contributed by atoms with Gasteiger partial charge in [-0.3, -0.25) is 4.79 Å². The molecular formula is C20H20N2O6. The first kappa shape index (κ1) is 19.4. The van der Waals surface area contributed by atoms with Crippen molar-refractivity contribution in [1.29, 1.82) is 0 Å². The van der Waals surface area contributed by atoms with Crippen LogP contribution in [-0.2, 0) is 14.3 Å². The maximum absolute atomic E-state index is 11.9. The Bertz CT molecular complexity index is 852. The highest BCUT2D eigenvalue weighted by atomic mass is 16.5. The van der Waals surface area contributed by atoms with Crippen LogP contribution >= 0.6 is 0 Å². The molecule has 4 N–H and O–H groups in total. The number of hydrogen-bond acceptors (Lipinski definition) is 5. The summed E-state index contributed by atoms with van der Waals surface area (Å²) in [5.74, 6) is -2.20. The summed E-state index contributed by atoms with van der Waals surface area (Å²) in [4.78, 5) is 34.4. The van der Waals surface area contributed by atoms with E-state index in [0.717, 1.165) is 22.3 Å². The van der Waals surface area contributed by atoms with E-state index in [2.05, 4.69) is 10.6 Å². The average molecular weight is 384 g/mol. The Kier molecular flexibility index (Phi) is 5.90. The second-order valence-electron chi connectivity index (χ2n) is 6.32. The van der Waals surface area contributed by atoms with Gasteiger partial charge in [0.2, 0.25) is 5.91 Å². The van der Waals surface area contributed by atoms with Crippen LogP contribution in [0.5, 0.6) is 0 Å². The van der Waals surface area contributed by atoms with Crippen molar-refractivity contribution in [1.82, 2.24) is 10.6 Å². The Hall–Kier alpha value is -3.39. The normalized spacial score (nSPS) is 13.2. The fourth-order valence-corrected chi connectivity index (χ4v) is 3.23. The largest absolute Gasteiger partial charge is 0.480 e. The number of aliphatic hydroxyl groups excluding tert-OH is 1. The van der Waals surface area contributed by atoms with Gasteiger partial charge in [0.15, 0.2) is 0 Å². The summed E-state index contributed by atoms with van der Waals surface area (Å²) >= 11 is 0. The third-order valence-electron chi connectivity index (χ3n) is 4.55. The minimum Gasteiger partial charge on any atom is -0.480 e. The maximum atomic E-state index is 11.9. The van der Waals surface area contributed by atoms with E-state index in [0.29, 0.717) is 0 Å². The van der Waals surface area contributed by atoms with Crippen molar-refractivity contribution < 1.29 is 29.3 Å². The molecule has 0 aromatic heterocycles. The van der Waals surface area contributed by atoms with Gasteiger partial charge in [0.05, 0.1) is 6.61 Å². The Labute approximate surface area is 161 Å². The average Bonchev–Trinajstić information content (AvgIpc) is 3.02. The Morgan fingerprint density at radius 1 is 1.00 bits per heavy atom. The molecule has 2 aromatic rings. The lowest BCUT2D eigenvalue weighted by molar-refractivity contribution is -0.142. The Morgan fingerprint density at radius 3 is 2.11 bits per heavy atom. The minimum absolute atomic E-state index is 0.0993. The number of nitrogens with one attached hydrogen (secondary N) is 2. The zero-order valence-electron chi connectivity index (χ0n) is 14.9. The number of fused-ring (bicyclic) bond motifs is 3. The molecule has 0 heterocycles. The van der Waals surface area contributed by atoms with Crippen molar-refractivity contribution in [3.05, 3.63) is 59.7 Å². The van der Waals surface area contributed by atoms with Crippen molar-refractivity contribution in [2.45, 2.75) is 12.0 Å². The number of carboxylic acids is 1. The van der Waals surface area contributed by atoms with Gasteiger partial charge >= 0.3 is 12.1 Å². The second-order valence-corrected chi connectivity index (χ2v) is 6.32. The van der Waals surface area contributed by atoms with Crippen molar-refractivity contribution >= 4 is 18.0 Å². The zero-order valence-corrected chi connectivity index (χ0v) is 14.9. The number of alkyl carbamates (subject to hydrolysis) is 1. The van der Waals surface area contributed by atoms with Crippen LogP contribution in [0.15, 0.2) is 48.5 Å². The molecule has 0 aliphatic heterocycles. The van der Waals surface area contributed by atoms with E-state index in [1.807, 2.05) is 48.5 Å². The van der Waals surface area contributed by atoms with Gasteiger partial charge in [-0.15, -0.1) is 0 Å². The highest BCUT2D eigenvalue weighted by Gasteiger charge is 2.29. The van der Waals surface area contributed by atoms with E-state index in [9.17, 15) is 14.4 Å². The highest BCUT2D eigenvalue weighted by molar-refractivity contribution is 5.86. The first-order chi connectivity index (χ1) is 13.5. The molecule has 0 saturated heterocycles. The number of carbonyl (C=O) groups excluding carboxylic acids is 2. The number of hydrogen-bond donors (Lipinski definition) is 4. The molecule has 0 radical (unpaired) electrons. The number of aliphatic carboxylic acids is 1. The Balaban J connectivity index is 1.55. The lowest BCUT2D eigenvalue weighted by atomic mass is 9.98. The molecule has 0 fully saturated rings. The van der Waals surface area contributed by atoms with Crippen molar-refractivity contribution in [3.8, 4) is 11.1 Å². The highest BCUT2D eigenvalue weighted by Crippen LogP contribution is 2.44. The molecule has 1 atom stereocenters. The molecule has 1 unspecified atom stereocenters. The lowest BCUT2D eigenvalue weighted by Crippen LogP contribution is -2.47. The number of carboxylic acid groups (broad SMARTS) is 1. The summed E-state index contributed by atoms with van der Waals surface area (Å²) in [5.41, 5.74) is 4.35. The van der Waals surface area contributed by atoms with Crippen LogP contribution in [0.4, 0.5) is 4.79 Å². The number of aliphatic hydroxyl groups is 1. The third-order valence-corrected chi connectivity index (χ3v) is 4.55. The van der Waals surface area contributed by atoms with E-state index in [1.165, 1.54) is 0 Å². The molecular weight excluding hydrogens is 364 g/mol. The first-order valence-electron chi connectivity index (χ1n) is 8.73. The summed E-state index contributed by atoms with van der Waals surface area (Å²) in [7, 11) is 0. The number of rotatable bonds is 7. The molecule has 0 spiro atoms. The van der Waals surface area contributed by atoms with Gasteiger partial charge in [0.25, 0.3) is 0 Å². The molecule has 8 heteroatoms. The first-order valence-corrected chi connectivity index (χ1v) is 8.73. The Morgan fingerprint density at radius 2 is 1.57 bits per heavy atom. The predicted molar refractivity (Wildman–Crippen MR) is 99.7 cm³/mol. The van der Waals surface area contributed by atoms with E-state index in [-0.39, 0.29) is 12.5 Å². The molecule has 2 amide bonds. The number of carbonyl (C=O) groups is 3. The molecule has 8 nitrogen and oxygen atoms in total. The maximum Gasteiger partial charge on any atom is 0.407 e. The minimum atomic E-state index is -1.42. The third kappa shape index (κ3) is 4.12. The van der Waals surface area contributed by atoms with Crippen LogP contribution in [0.2, 0.25) is 0 Å². The van der Waals surface area contributed by atoms with Crippen LogP contribution in [0, 0.1) is 0 Å². The standard InChI is InChI=1S/C20H20N2O6/c23-10-17(19(25)26)22-18(24)9-21-20(27)28-11-16-14-7-3-1-5-12(14)13-6-2-4-8-15(13)16/h1-8,16-17,23H,9-11H2,(H,21,27)(H,22,24)(H,25,26). The predicted octanol–water partition coefficient (Wildman–Crippen LogP) is 1.09. The fraction of sp³-hybridized carbons (Fsp3) is 0.250. The number of ether oxygens (including phenoxy) is 1. The van der Waals surface area contributed by atoms with Crippen LogP contribution in [0.25, 0.3) is 11.1 Å². The van der Waals surface area contributed by atoms with Crippen LogP contribution in [0.3, 0.4) is 0 Å². The monoisotopic (exact) mass is 384 g/mol. The summed E-state index contributed by atoms with van der Waals surface area (Å²) in [6.45, 7) is -1.09. The van der Waals surface area contributed by atoms with E-state index >= 15 is 0 Å². The van der Waals surface area contributed by atoms with Crippen molar-refractivity contribution in [2.24, 2.45) is 0 Å². The number of benzene rings is 2. The van der Waals surface area contributed by atoms with Crippen molar-refractivity contribution in [2.75, 3.05) is 19.8 Å². The molecule has 0 saturated carbocycles. The zero-order chi connectivity index (χ0) is 20.1. The summed E-state index contributed by atoms with van der Waals surface area (Å²) in [6, 6.07) is 14.4.